The van der Waals surface area contributed by atoms with Crippen LogP contribution in [0.3, 0.4) is 0 Å². The summed E-state index contributed by atoms with van der Waals surface area (Å²) in [6.07, 6.45) is 3.18. The van der Waals surface area contributed by atoms with Crippen LogP contribution in [-0.4, -0.2) is 27.4 Å². The molecule has 0 saturated carbocycles. The van der Waals surface area contributed by atoms with Crippen LogP contribution >= 0.6 is 11.6 Å². The van der Waals surface area contributed by atoms with Crippen molar-refractivity contribution in [2.45, 2.75) is 6.92 Å². The summed E-state index contributed by atoms with van der Waals surface area (Å²) < 4.78 is 0. The van der Waals surface area contributed by atoms with Gasteiger partial charge in [0, 0.05) is 24.5 Å². The number of aromatic nitrogens is 3. The van der Waals surface area contributed by atoms with Crippen LogP contribution in [0, 0.1) is 0 Å². The van der Waals surface area contributed by atoms with Crippen molar-refractivity contribution in [3.05, 3.63) is 35.2 Å². The van der Waals surface area contributed by atoms with E-state index in [1.807, 2.05) is 6.92 Å². The quantitative estimate of drug-likeness (QED) is 0.740. The third-order valence-corrected chi connectivity index (χ3v) is 2.34. The van der Waals surface area contributed by atoms with E-state index in [2.05, 4.69) is 25.6 Å². The summed E-state index contributed by atoms with van der Waals surface area (Å²) >= 11 is 5.86. The normalized spacial score (nSPS) is 10.1. The summed E-state index contributed by atoms with van der Waals surface area (Å²) in [4.78, 5) is 22.7. The van der Waals surface area contributed by atoms with Gasteiger partial charge in [-0.1, -0.05) is 11.6 Å². The molecule has 0 aliphatic carbocycles. The summed E-state index contributed by atoms with van der Waals surface area (Å²) in [5.41, 5.74) is 0.419. The van der Waals surface area contributed by atoms with Crippen LogP contribution in [0.4, 0.5) is 11.8 Å². The van der Waals surface area contributed by atoms with Crippen molar-refractivity contribution in [1.82, 2.24) is 15.0 Å². The van der Waals surface area contributed by atoms with Crippen LogP contribution in [0.5, 0.6) is 0 Å². The van der Waals surface area contributed by atoms with Crippen molar-refractivity contribution in [1.29, 1.82) is 0 Å². The topological polar surface area (TPSA) is 82.7 Å². The van der Waals surface area contributed by atoms with E-state index in [1.165, 1.54) is 6.07 Å². The first-order chi connectivity index (χ1) is 8.69. The molecule has 0 saturated heterocycles. The Labute approximate surface area is 109 Å². The first kappa shape index (κ1) is 12.4. The Hall–Kier alpha value is -2.08. The van der Waals surface area contributed by atoms with E-state index in [1.54, 1.807) is 18.5 Å². The van der Waals surface area contributed by atoms with Crippen LogP contribution in [0.25, 0.3) is 0 Å². The highest BCUT2D eigenvalue weighted by molar-refractivity contribution is 6.30. The minimum atomic E-state index is -0.298. The van der Waals surface area contributed by atoms with Crippen LogP contribution in [0.1, 0.15) is 17.3 Å². The molecule has 2 rings (SSSR count). The minimum absolute atomic E-state index is 0.262. The van der Waals surface area contributed by atoms with Gasteiger partial charge in [-0.25, -0.2) is 9.97 Å². The number of nitrogens with one attached hydrogen (secondary N) is 3. The van der Waals surface area contributed by atoms with E-state index in [0.29, 0.717) is 23.9 Å². The standard InChI is InChI=1S/C11H12ClN5O/c1-2-13-9-6-7(5-8(12)16-9)10(18)17-11-14-3-4-15-11/h3-6H,2H2,1H3,(H,13,16)(H2,14,15,17,18). The Balaban J connectivity index is 2.19. The van der Waals surface area contributed by atoms with Gasteiger partial charge in [-0.3, -0.25) is 10.1 Å². The molecule has 1 amide bonds. The van der Waals surface area contributed by atoms with E-state index in [-0.39, 0.29) is 11.1 Å². The molecule has 18 heavy (non-hydrogen) atoms. The number of hydrogen-bond acceptors (Lipinski definition) is 4. The molecule has 2 aromatic rings. The second kappa shape index (κ2) is 5.50. The predicted molar refractivity (Wildman–Crippen MR) is 70.0 cm³/mol. The van der Waals surface area contributed by atoms with E-state index >= 15 is 0 Å². The van der Waals surface area contributed by atoms with Gasteiger partial charge in [0.25, 0.3) is 5.91 Å². The molecule has 7 heteroatoms. The van der Waals surface area contributed by atoms with Crippen molar-refractivity contribution in [2.24, 2.45) is 0 Å². The Morgan fingerprint density at radius 3 is 3.00 bits per heavy atom. The number of rotatable bonds is 4. The number of pyridine rings is 1. The van der Waals surface area contributed by atoms with Gasteiger partial charge in [0.15, 0.2) is 0 Å². The fourth-order valence-electron chi connectivity index (χ4n) is 1.41. The largest absolute Gasteiger partial charge is 0.370 e. The first-order valence-electron chi connectivity index (χ1n) is 5.41. The molecule has 0 aliphatic heterocycles. The minimum Gasteiger partial charge on any atom is -0.370 e. The van der Waals surface area contributed by atoms with Gasteiger partial charge in [0.2, 0.25) is 5.95 Å². The third kappa shape index (κ3) is 2.98. The number of aromatic amines is 1. The molecule has 0 aromatic carbocycles. The van der Waals surface area contributed by atoms with Crippen LogP contribution in [0.2, 0.25) is 5.15 Å². The van der Waals surface area contributed by atoms with Gasteiger partial charge in [-0.15, -0.1) is 0 Å². The molecule has 94 valence electrons. The molecule has 0 aliphatic rings. The van der Waals surface area contributed by atoms with Gasteiger partial charge >= 0.3 is 0 Å². The smallest absolute Gasteiger partial charge is 0.258 e. The van der Waals surface area contributed by atoms with Gasteiger partial charge in [-0.05, 0) is 19.1 Å². The molecule has 2 aromatic heterocycles. The Morgan fingerprint density at radius 1 is 1.50 bits per heavy atom. The molecular formula is C11H12ClN5O. The molecule has 0 bridgehead atoms. The van der Waals surface area contributed by atoms with E-state index in [0.717, 1.165) is 0 Å². The number of H-pyrrole nitrogens is 1. The van der Waals surface area contributed by atoms with Gasteiger partial charge in [-0.2, -0.15) is 0 Å². The summed E-state index contributed by atoms with van der Waals surface area (Å²) in [5.74, 6) is 0.654. The van der Waals surface area contributed by atoms with Gasteiger partial charge in [0.05, 0.1) is 0 Å². The molecule has 2 heterocycles. The lowest BCUT2D eigenvalue weighted by Crippen LogP contribution is -2.14. The summed E-state index contributed by atoms with van der Waals surface area (Å²) in [6, 6.07) is 3.13. The summed E-state index contributed by atoms with van der Waals surface area (Å²) in [5, 5.41) is 5.88. The van der Waals surface area contributed by atoms with Crippen molar-refractivity contribution < 1.29 is 4.79 Å². The third-order valence-electron chi connectivity index (χ3n) is 2.14. The van der Waals surface area contributed by atoms with E-state index in [9.17, 15) is 4.79 Å². The lowest BCUT2D eigenvalue weighted by Gasteiger charge is -2.06. The van der Waals surface area contributed by atoms with E-state index in [4.69, 9.17) is 11.6 Å². The number of nitrogens with zero attached hydrogens (tertiary/aromatic N) is 2. The zero-order valence-electron chi connectivity index (χ0n) is 9.70. The average Bonchev–Trinajstić information content (AvgIpc) is 2.81. The molecule has 0 atom stereocenters. The molecule has 0 fully saturated rings. The zero-order chi connectivity index (χ0) is 13.0. The Bertz CT molecular complexity index is 540. The SMILES string of the molecule is CCNc1cc(C(=O)Nc2ncc[nH]2)cc(Cl)n1. The van der Waals surface area contributed by atoms with Crippen LogP contribution in [-0.2, 0) is 0 Å². The lowest BCUT2D eigenvalue weighted by molar-refractivity contribution is 0.102. The van der Waals surface area contributed by atoms with Crippen molar-refractivity contribution in [3.63, 3.8) is 0 Å². The lowest BCUT2D eigenvalue weighted by atomic mass is 10.2. The summed E-state index contributed by atoms with van der Waals surface area (Å²) in [6.45, 7) is 2.64. The highest BCUT2D eigenvalue weighted by atomic mass is 35.5. The van der Waals surface area contributed by atoms with Gasteiger partial charge < -0.3 is 10.3 Å². The van der Waals surface area contributed by atoms with Gasteiger partial charge in [0.1, 0.15) is 11.0 Å². The highest BCUT2D eigenvalue weighted by Crippen LogP contribution is 2.15. The average molecular weight is 266 g/mol. The number of hydrogen-bond donors (Lipinski definition) is 3. The molecular weight excluding hydrogens is 254 g/mol. The summed E-state index contributed by atoms with van der Waals surface area (Å²) in [7, 11) is 0. The van der Waals surface area contributed by atoms with E-state index < -0.39 is 0 Å². The van der Waals surface area contributed by atoms with Crippen LogP contribution < -0.4 is 10.6 Å². The molecule has 0 radical (unpaired) electrons. The number of amides is 1. The van der Waals surface area contributed by atoms with Crippen molar-refractivity contribution in [2.75, 3.05) is 17.2 Å². The molecule has 0 spiro atoms. The monoisotopic (exact) mass is 265 g/mol. The number of carbonyl (C=O) groups excluding carboxylic acids is 1. The van der Waals surface area contributed by atoms with Crippen molar-refractivity contribution >= 4 is 29.3 Å². The maximum absolute atomic E-state index is 11.9. The number of imidazole rings is 1. The highest BCUT2D eigenvalue weighted by Gasteiger charge is 2.10. The second-order valence-corrected chi connectivity index (χ2v) is 3.87. The molecule has 3 N–H and O–H groups in total. The van der Waals surface area contributed by atoms with Crippen LogP contribution in [0.15, 0.2) is 24.5 Å². The fourth-order valence-corrected chi connectivity index (χ4v) is 1.62. The maximum Gasteiger partial charge on any atom is 0.258 e. The molecule has 0 unspecified atom stereocenters. The maximum atomic E-state index is 11.9. The first-order valence-corrected chi connectivity index (χ1v) is 5.79. The fraction of sp³-hybridized carbons (Fsp3) is 0.182. The number of halogens is 1. The Kier molecular flexibility index (Phi) is 3.78. The predicted octanol–water partition coefficient (Wildman–Crippen LogP) is 2.14. The molecule has 6 nitrogen and oxygen atoms in total. The zero-order valence-corrected chi connectivity index (χ0v) is 10.5. The number of carbonyl (C=O) groups is 1. The number of anilines is 2. The van der Waals surface area contributed by atoms with Crippen molar-refractivity contribution in [3.8, 4) is 0 Å². The Morgan fingerprint density at radius 2 is 2.33 bits per heavy atom. The second-order valence-electron chi connectivity index (χ2n) is 3.49.